The zero-order valence-corrected chi connectivity index (χ0v) is 28.5. The van der Waals surface area contributed by atoms with E-state index >= 15 is 0 Å². The lowest BCUT2D eigenvalue weighted by atomic mass is 9.84. The predicted octanol–water partition coefficient (Wildman–Crippen LogP) is 3.15. The largest absolute Gasteiger partial charge is 0.492 e. The van der Waals surface area contributed by atoms with Gasteiger partial charge in [0.2, 0.25) is 5.91 Å². The first-order chi connectivity index (χ1) is 23.8. The second-order valence-electron chi connectivity index (χ2n) is 13.1. The van der Waals surface area contributed by atoms with Crippen LogP contribution in [0.5, 0.6) is 5.75 Å². The molecule has 3 aliphatic rings. The summed E-state index contributed by atoms with van der Waals surface area (Å²) >= 11 is 0. The minimum atomic E-state index is -3.97. The minimum Gasteiger partial charge on any atom is -0.492 e. The van der Waals surface area contributed by atoms with Gasteiger partial charge in [-0.25, -0.2) is 13.4 Å². The molecule has 1 aromatic carbocycles. The number of aromatic nitrogens is 1. The van der Waals surface area contributed by atoms with E-state index in [0.29, 0.717) is 36.2 Å². The molecule has 2 atom stereocenters. The van der Waals surface area contributed by atoms with Crippen LogP contribution in [0, 0.1) is 5.92 Å². The van der Waals surface area contributed by atoms with E-state index in [1.54, 1.807) is 30.3 Å². The second kappa shape index (κ2) is 16.2. The lowest BCUT2D eigenvalue weighted by Crippen LogP contribution is -2.53. The molecule has 14 heteroatoms. The van der Waals surface area contributed by atoms with E-state index in [1.807, 2.05) is 6.07 Å². The quantitative estimate of drug-likeness (QED) is 0.288. The van der Waals surface area contributed by atoms with E-state index in [4.69, 9.17) is 13.9 Å². The molecule has 2 N–H and O–H groups in total. The summed E-state index contributed by atoms with van der Waals surface area (Å²) in [5, 5.41) is 6.31. The van der Waals surface area contributed by atoms with Gasteiger partial charge in [-0.2, -0.15) is 4.31 Å². The van der Waals surface area contributed by atoms with Crippen molar-refractivity contribution in [2.45, 2.75) is 68.5 Å². The zero-order valence-electron chi connectivity index (χ0n) is 27.7. The lowest BCUT2D eigenvalue weighted by Gasteiger charge is -2.27. The molecule has 0 radical (unpaired) electrons. The summed E-state index contributed by atoms with van der Waals surface area (Å²) in [7, 11) is -3.97. The topological polar surface area (TPSA) is 160 Å². The van der Waals surface area contributed by atoms with Crippen LogP contribution in [-0.2, 0) is 24.3 Å². The molecule has 2 aromatic heterocycles. The van der Waals surface area contributed by atoms with Gasteiger partial charge in [0.1, 0.15) is 24.0 Å². The Morgan fingerprint density at radius 2 is 1.82 bits per heavy atom. The average molecular weight is 696 g/mol. The first kappa shape index (κ1) is 35.0. The Bertz CT molecular complexity index is 1700. The van der Waals surface area contributed by atoms with Crippen molar-refractivity contribution < 1.29 is 36.7 Å². The summed E-state index contributed by atoms with van der Waals surface area (Å²) in [6, 6.07) is 9.85. The number of pyridine rings is 1. The number of benzene rings is 1. The van der Waals surface area contributed by atoms with Crippen LogP contribution in [0.2, 0.25) is 0 Å². The van der Waals surface area contributed by atoms with Gasteiger partial charge in [0.25, 0.3) is 15.9 Å². The molecular weight excluding hydrogens is 650 g/mol. The third-order valence-corrected chi connectivity index (χ3v) is 11.3. The third-order valence-electron chi connectivity index (χ3n) is 9.59. The van der Waals surface area contributed by atoms with Crippen molar-refractivity contribution in [1.29, 1.82) is 0 Å². The van der Waals surface area contributed by atoms with Crippen molar-refractivity contribution in [2.75, 3.05) is 52.5 Å². The van der Waals surface area contributed by atoms with Gasteiger partial charge >= 0.3 is 0 Å². The van der Waals surface area contributed by atoms with Gasteiger partial charge in [0.15, 0.2) is 16.6 Å². The Balaban J connectivity index is 1.10. The van der Waals surface area contributed by atoms with Crippen molar-refractivity contribution in [3.8, 4) is 5.75 Å². The first-order valence-electron chi connectivity index (χ1n) is 17.3. The van der Waals surface area contributed by atoms with Crippen LogP contribution < -0.4 is 15.4 Å². The minimum absolute atomic E-state index is 0.0721. The highest BCUT2D eigenvalue weighted by Crippen LogP contribution is 2.29. The Labute approximate surface area is 286 Å². The van der Waals surface area contributed by atoms with Crippen molar-refractivity contribution in [3.05, 3.63) is 54.4 Å². The number of sulfonamides is 1. The van der Waals surface area contributed by atoms with E-state index in [0.717, 1.165) is 69.3 Å². The lowest BCUT2D eigenvalue weighted by molar-refractivity contribution is -0.129. The van der Waals surface area contributed by atoms with Gasteiger partial charge in [-0.05, 0) is 61.6 Å². The number of rotatable bonds is 12. The molecule has 1 unspecified atom stereocenters. The fourth-order valence-electron chi connectivity index (χ4n) is 6.82. The van der Waals surface area contributed by atoms with Crippen LogP contribution >= 0.6 is 0 Å². The standard InChI is InChI=1S/C35H45N5O8S/c41-30-24-40(49(44,45)33-10-4-5-13-36-33)14-6-9-28(30)37-34(42)29(21-25-7-2-1-3-8-25)38-35(43)32-23-26-22-27(11-12-31(26)48-32)47-20-17-39-15-18-46-19-16-39/h4-5,10-13,22-23,25,28-29H,1-3,6-9,14-21,24H2,(H,37,42)(H,38,43)/t28?,29-/m0/s1. The molecule has 0 bridgehead atoms. The number of Topliss-reactive ketones (excluding diaryl/α,β-unsaturated/α-hetero) is 1. The van der Waals surface area contributed by atoms with Crippen molar-refractivity contribution in [2.24, 2.45) is 5.92 Å². The number of morpholine rings is 1. The van der Waals surface area contributed by atoms with Crippen LogP contribution in [0.4, 0.5) is 0 Å². The fourth-order valence-corrected chi connectivity index (χ4v) is 8.19. The number of amides is 2. The molecule has 3 aromatic rings. The maximum Gasteiger partial charge on any atom is 0.287 e. The molecule has 3 fully saturated rings. The maximum absolute atomic E-state index is 13.8. The Morgan fingerprint density at radius 3 is 2.59 bits per heavy atom. The third kappa shape index (κ3) is 9.04. The molecule has 2 amide bonds. The van der Waals surface area contributed by atoms with Crippen LogP contribution in [0.15, 0.2) is 58.1 Å². The molecule has 264 valence electrons. The Hall–Kier alpha value is -3.85. The van der Waals surface area contributed by atoms with Crippen LogP contribution in [0.25, 0.3) is 11.0 Å². The van der Waals surface area contributed by atoms with Crippen molar-refractivity contribution >= 4 is 38.6 Å². The number of nitrogens with one attached hydrogen (secondary N) is 2. The van der Waals surface area contributed by atoms with E-state index in [-0.39, 0.29) is 36.2 Å². The molecular formula is C35H45N5O8S. The number of ketones is 1. The van der Waals surface area contributed by atoms with E-state index in [9.17, 15) is 22.8 Å². The second-order valence-corrected chi connectivity index (χ2v) is 14.9. The van der Waals surface area contributed by atoms with Crippen LogP contribution in [0.1, 0.15) is 61.9 Å². The number of furan rings is 1. The maximum atomic E-state index is 13.8. The smallest absolute Gasteiger partial charge is 0.287 e. The van der Waals surface area contributed by atoms with Gasteiger partial charge in [0, 0.05) is 37.8 Å². The monoisotopic (exact) mass is 695 g/mol. The predicted molar refractivity (Wildman–Crippen MR) is 181 cm³/mol. The number of hydrogen-bond acceptors (Lipinski definition) is 10. The van der Waals surface area contributed by atoms with E-state index in [1.165, 1.54) is 12.3 Å². The normalized spacial score (nSPS) is 20.8. The number of fused-ring (bicyclic) bond motifs is 1. The molecule has 4 heterocycles. The summed E-state index contributed by atoms with van der Waals surface area (Å²) in [6.45, 7) is 4.30. The Kier molecular flexibility index (Phi) is 11.6. The molecule has 0 spiro atoms. The number of carbonyl (C=O) groups excluding carboxylic acids is 3. The molecule has 2 saturated heterocycles. The number of ether oxygens (including phenoxy) is 2. The number of carbonyl (C=O) groups is 3. The van der Waals surface area contributed by atoms with Gasteiger partial charge in [-0.3, -0.25) is 19.3 Å². The molecule has 6 rings (SSSR count). The van der Waals surface area contributed by atoms with E-state index < -0.39 is 39.7 Å². The highest BCUT2D eigenvalue weighted by atomic mass is 32.2. The highest BCUT2D eigenvalue weighted by molar-refractivity contribution is 7.89. The summed E-state index contributed by atoms with van der Waals surface area (Å²) in [6.07, 6.45) is 7.67. The molecule has 2 aliphatic heterocycles. The number of nitrogens with zero attached hydrogens (tertiary/aromatic N) is 3. The Morgan fingerprint density at radius 1 is 1.00 bits per heavy atom. The van der Waals surface area contributed by atoms with Crippen molar-refractivity contribution in [3.63, 3.8) is 0 Å². The number of hydrogen-bond donors (Lipinski definition) is 2. The zero-order chi connectivity index (χ0) is 34.2. The fraction of sp³-hybridized carbons (Fsp3) is 0.543. The van der Waals surface area contributed by atoms with Crippen LogP contribution in [-0.4, -0.2) is 105 Å². The summed E-state index contributed by atoms with van der Waals surface area (Å²) < 4.78 is 44.6. The molecule has 13 nitrogen and oxygen atoms in total. The highest BCUT2D eigenvalue weighted by Gasteiger charge is 2.35. The van der Waals surface area contributed by atoms with Crippen LogP contribution in [0.3, 0.4) is 0 Å². The average Bonchev–Trinajstić information content (AvgIpc) is 3.46. The van der Waals surface area contributed by atoms with Gasteiger partial charge < -0.3 is 24.5 Å². The molecule has 49 heavy (non-hydrogen) atoms. The van der Waals surface area contributed by atoms with Gasteiger partial charge in [-0.1, -0.05) is 38.2 Å². The molecule has 1 aliphatic carbocycles. The SMILES string of the molecule is O=C(N[C@@H](CC1CCCCC1)C(=O)NC1CCCN(S(=O)(=O)c2ccccn2)CC1=O)c1cc2cc(OCCN3CCOCC3)ccc2o1. The van der Waals surface area contributed by atoms with Crippen molar-refractivity contribution in [1.82, 2.24) is 24.8 Å². The van der Waals surface area contributed by atoms with Gasteiger partial charge in [0.05, 0.1) is 25.8 Å². The van der Waals surface area contributed by atoms with E-state index in [2.05, 4.69) is 20.5 Å². The van der Waals surface area contributed by atoms with Gasteiger partial charge in [-0.15, -0.1) is 0 Å². The summed E-state index contributed by atoms with van der Waals surface area (Å²) in [5.74, 6) is -0.410. The first-order valence-corrected chi connectivity index (χ1v) is 18.7. The summed E-state index contributed by atoms with van der Waals surface area (Å²) in [4.78, 5) is 46.8. The molecule has 1 saturated carbocycles. The summed E-state index contributed by atoms with van der Waals surface area (Å²) in [5.41, 5.74) is 0.522.